The Labute approximate surface area is 166 Å². The number of fused-ring (bicyclic) bond motifs is 5. The molecule has 3 aromatic rings. The van der Waals surface area contributed by atoms with Gasteiger partial charge in [0.2, 0.25) is 0 Å². The van der Waals surface area contributed by atoms with Crippen molar-refractivity contribution in [3.8, 4) is 16.9 Å². The lowest BCUT2D eigenvalue weighted by atomic mass is 9.98. The van der Waals surface area contributed by atoms with Gasteiger partial charge in [-0.15, -0.1) is 0 Å². The van der Waals surface area contributed by atoms with E-state index in [4.69, 9.17) is 4.74 Å². The summed E-state index contributed by atoms with van der Waals surface area (Å²) in [5.74, 6) is 1.17. The summed E-state index contributed by atoms with van der Waals surface area (Å²) < 4.78 is 23.1. The third-order valence-corrected chi connectivity index (χ3v) is 6.38. The largest absolute Gasteiger partial charge is 0.461 e. The number of hydrogen-bond acceptors (Lipinski definition) is 3. The summed E-state index contributed by atoms with van der Waals surface area (Å²) in [5, 5.41) is 9.93. The molecule has 2 heterocycles. The van der Waals surface area contributed by atoms with Gasteiger partial charge in [-0.05, 0) is 55.0 Å². The van der Waals surface area contributed by atoms with Crippen LogP contribution in [0.4, 0.5) is 4.39 Å². The molecule has 0 radical (unpaired) electrons. The molecular weight excluding hydrogens is 369 g/mol. The van der Waals surface area contributed by atoms with Gasteiger partial charge >= 0.3 is 0 Å². The van der Waals surface area contributed by atoms with Crippen molar-refractivity contribution < 1.29 is 14.2 Å². The third kappa shape index (κ3) is 2.43. The quantitative estimate of drug-likeness (QED) is 0.701. The Morgan fingerprint density at radius 1 is 1.21 bits per heavy atom. The Balaban J connectivity index is 1.64. The molecule has 1 aliphatic heterocycles. The maximum Gasteiger partial charge on any atom is 0.258 e. The number of aromatic nitrogens is 1. The number of pyridine rings is 1. The van der Waals surface area contributed by atoms with E-state index < -0.39 is 0 Å². The first-order chi connectivity index (χ1) is 14.1. The van der Waals surface area contributed by atoms with Crippen LogP contribution in [0.5, 0.6) is 5.75 Å². The minimum absolute atomic E-state index is 0.00989. The Hall–Kier alpha value is -2.92. The molecule has 0 bridgehead atoms. The van der Waals surface area contributed by atoms with Gasteiger partial charge in [-0.2, -0.15) is 0 Å². The number of allylic oxidation sites excluding steroid dienone is 2. The summed E-state index contributed by atoms with van der Waals surface area (Å²) >= 11 is 0. The molecule has 5 heteroatoms. The predicted octanol–water partition coefficient (Wildman–Crippen LogP) is 4.79. The number of ether oxygens (including phenoxy) is 1. The van der Waals surface area contributed by atoms with Crippen molar-refractivity contribution in [2.24, 2.45) is 0 Å². The first-order valence-corrected chi connectivity index (χ1v) is 10.1. The Kier molecular flexibility index (Phi) is 3.40. The van der Waals surface area contributed by atoms with Gasteiger partial charge in [0.15, 0.2) is 0 Å². The average Bonchev–Trinajstić information content (AvgIpc) is 3.62. The van der Waals surface area contributed by atoms with Gasteiger partial charge in [0.1, 0.15) is 17.3 Å². The molecular formula is C24H20FNO3. The number of halogens is 1. The van der Waals surface area contributed by atoms with Crippen LogP contribution in [0, 0.1) is 5.82 Å². The van der Waals surface area contributed by atoms with Crippen LogP contribution in [0.15, 0.2) is 52.5 Å². The zero-order valence-corrected chi connectivity index (χ0v) is 16.0. The highest BCUT2D eigenvalue weighted by Gasteiger charge is 2.44. The number of rotatable bonds is 3. The third-order valence-electron chi connectivity index (χ3n) is 6.38. The molecule has 1 unspecified atom stereocenters. The van der Waals surface area contributed by atoms with Gasteiger partial charge in [-0.25, -0.2) is 4.39 Å². The van der Waals surface area contributed by atoms with Crippen molar-refractivity contribution in [3.05, 3.63) is 75.0 Å². The minimum atomic E-state index is -0.343. The van der Waals surface area contributed by atoms with Crippen LogP contribution in [-0.4, -0.2) is 9.67 Å². The summed E-state index contributed by atoms with van der Waals surface area (Å²) in [6.07, 6.45) is 2.81. The standard InChI is InChI=1S/C24H20FNO3/c1-12-16-8-18(16)22-23(29-12)19-9-20(25)17(14-4-2-13(11-27)3-5-14)10-21(19)26(24(22)28)15-6-7-15/h2-5,9-10,15,18,27H,6-8,11H2,1H3. The number of nitrogens with zero attached hydrogens (tertiary/aromatic N) is 1. The van der Waals surface area contributed by atoms with E-state index in [1.54, 1.807) is 30.3 Å². The predicted molar refractivity (Wildman–Crippen MR) is 108 cm³/mol. The molecule has 2 saturated carbocycles. The zero-order valence-electron chi connectivity index (χ0n) is 16.0. The van der Waals surface area contributed by atoms with Crippen LogP contribution in [0.2, 0.25) is 0 Å². The number of hydrogen-bond donors (Lipinski definition) is 1. The molecule has 6 rings (SSSR count). The fourth-order valence-corrected chi connectivity index (χ4v) is 4.59. The molecule has 146 valence electrons. The Morgan fingerprint density at radius 2 is 1.97 bits per heavy atom. The molecule has 0 spiro atoms. The fraction of sp³-hybridized carbons (Fsp3) is 0.292. The van der Waals surface area contributed by atoms with Crippen molar-refractivity contribution in [3.63, 3.8) is 0 Å². The molecule has 0 amide bonds. The maximum atomic E-state index is 15.2. The van der Waals surface area contributed by atoms with Crippen molar-refractivity contribution in [1.82, 2.24) is 4.57 Å². The summed E-state index contributed by atoms with van der Waals surface area (Å²) in [4.78, 5) is 13.4. The molecule has 2 fully saturated rings. The number of benzene rings is 2. The lowest BCUT2D eigenvalue weighted by Gasteiger charge is -2.21. The van der Waals surface area contributed by atoms with Crippen LogP contribution in [0.3, 0.4) is 0 Å². The molecule has 1 aromatic heterocycles. The Morgan fingerprint density at radius 3 is 2.66 bits per heavy atom. The monoisotopic (exact) mass is 389 g/mol. The zero-order chi connectivity index (χ0) is 19.9. The van der Waals surface area contributed by atoms with E-state index in [9.17, 15) is 9.90 Å². The average molecular weight is 389 g/mol. The van der Waals surface area contributed by atoms with Crippen LogP contribution >= 0.6 is 0 Å². The highest BCUT2D eigenvalue weighted by atomic mass is 19.1. The van der Waals surface area contributed by atoms with Crippen LogP contribution in [-0.2, 0) is 6.61 Å². The van der Waals surface area contributed by atoms with E-state index in [-0.39, 0.29) is 29.9 Å². The van der Waals surface area contributed by atoms with Gasteiger partial charge in [0.25, 0.3) is 5.56 Å². The van der Waals surface area contributed by atoms with Gasteiger partial charge in [-0.1, -0.05) is 24.3 Å². The van der Waals surface area contributed by atoms with E-state index >= 15 is 4.39 Å². The molecule has 0 saturated heterocycles. The van der Waals surface area contributed by atoms with Gasteiger partial charge in [0, 0.05) is 22.9 Å². The molecule has 1 atom stereocenters. The molecule has 2 aliphatic carbocycles. The number of aliphatic hydroxyl groups is 1. The highest BCUT2D eigenvalue weighted by molar-refractivity contribution is 5.92. The Bertz CT molecular complexity index is 1280. The lowest BCUT2D eigenvalue weighted by molar-refractivity contribution is 0.282. The van der Waals surface area contributed by atoms with Crippen molar-refractivity contribution in [2.45, 2.75) is 44.8 Å². The summed E-state index contributed by atoms with van der Waals surface area (Å²) in [7, 11) is 0. The van der Waals surface area contributed by atoms with Crippen LogP contribution in [0.25, 0.3) is 22.0 Å². The van der Waals surface area contributed by atoms with E-state index in [1.807, 2.05) is 11.5 Å². The molecule has 29 heavy (non-hydrogen) atoms. The van der Waals surface area contributed by atoms with E-state index in [1.165, 1.54) is 11.6 Å². The normalized spacial score (nSPS) is 19.8. The van der Waals surface area contributed by atoms with Gasteiger partial charge in [-0.3, -0.25) is 4.79 Å². The second kappa shape index (κ2) is 5.80. The summed E-state index contributed by atoms with van der Waals surface area (Å²) in [6.45, 7) is 1.87. The van der Waals surface area contributed by atoms with Crippen LogP contribution < -0.4 is 10.3 Å². The topological polar surface area (TPSA) is 51.5 Å². The first kappa shape index (κ1) is 17.0. The van der Waals surface area contributed by atoms with E-state index in [0.717, 1.165) is 41.7 Å². The van der Waals surface area contributed by atoms with E-state index in [0.29, 0.717) is 22.3 Å². The van der Waals surface area contributed by atoms with Crippen molar-refractivity contribution >= 4 is 10.9 Å². The maximum absolute atomic E-state index is 15.2. The SMILES string of the molecule is CC1=C2CC2c2c(c3cc(F)c(-c4ccc(CO)cc4)cc3n(C3CC3)c2=O)O1. The van der Waals surface area contributed by atoms with E-state index in [2.05, 4.69) is 0 Å². The molecule has 1 N–H and O–H groups in total. The second-order valence-electron chi connectivity index (χ2n) is 8.29. The first-order valence-electron chi connectivity index (χ1n) is 10.1. The second-order valence-corrected chi connectivity index (χ2v) is 8.29. The highest BCUT2D eigenvalue weighted by Crippen LogP contribution is 2.56. The number of aliphatic hydroxyl groups excluding tert-OH is 1. The molecule has 3 aliphatic rings. The smallest absolute Gasteiger partial charge is 0.258 e. The van der Waals surface area contributed by atoms with Gasteiger partial charge < -0.3 is 14.4 Å². The minimum Gasteiger partial charge on any atom is -0.461 e. The fourth-order valence-electron chi connectivity index (χ4n) is 4.59. The molecule has 2 aromatic carbocycles. The van der Waals surface area contributed by atoms with Gasteiger partial charge in [0.05, 0.1) is 17.7 Å². The summed E-state index contributed by atoms with van der Waals surface area (Å²) in [5.41, 5.74) is 4.57. The lowest BCUT2D eigenvalue weighted by Crippen LogP contribution is -2.25. The molecule has 4 nitrogen and oxygen atoms in total. The van der Waals surface area contributed by atoms with Crippen molar-refractivity contribution in [1.29, 1.82) is 0 Å². The van der Waals surface area contributed by atoms with Crippen LogP contribution in [0.1, 0.15) is 49.3 Å². The summed E-state index contributed by atoms with van der Waals surface area (Å²) in [6, 6.07) is 10.6. The van der Waals surface area contributed by atoms with Crippen molar-refractivity contribution in [2.75, 3.05) is 0 Å².